The number of hydrogen-bond donors (Lipinski definition) is 0. The van der Waals surface area contributed by atoms with Crippen LogP contribution in [-0.4, -0.2) is 5.92 Å². The molecule has 0 saturated heterocycles. The molecule has 0 aromatic rings. The van der Waals surface area contributed by atoms with Crippen molar-refractivity contribution in [2.24, 2.45) is 0 Å². The number of hydrogen-bond acceptors (Lipinski definition) is 0. The van der Waals surface area contributed by atoms with Gasteiger partial charge < -0.3 is 0 Å². The molecule has 0 aromatic carbocycles. The largest absolute Gasteiger partial charge is 0.248 e. The Bertz CT molecular complexity index is 155. The van der Waals surface area contributed by atoms with Crippen LogP contribution >= 0.6 is 0 Å². The van der Waals surface area contributed by atoms with Crippen molar-refractivity contribution in [2.75, 3.05) is 0 Å². The van der Waals surface area contributed by atoms with Crippen LogP contribution in [0.3, 0.4) is 0 Å². The van der Waals surface area contributed by atoms with Crippen molar-refractivity contribution >= 4 is 0 Å². The summed E-state index contributed by atoms with van der Waals surface area (Å²) < 4.78 is 26.8. The highest BCUT2D eigenvalue weighted by Gasteiger charge is 2.26. The second-order valence-electron chi connectivity index (χ2n) is 5.18. The molecule has 0 radical (unpaired) electrons. The Hall–Kier alpha value is -0.140. The summed E-state index contributed by atoms with van der Waals surface area (Å²) in [7, 11) is 0. The van der Waals surface area contributed by atoms with Gasteiger partial charge >= 0.3 is 0 Å². The van der Waals surface area contributed by atoms with Gasteiger partial charge in [-0.25, -0.2) is 8.78 Å². The molecule has 17 heavy (non-hydrogen) atoms. The van der Waals surface area contributed by atoms with E-state index in [4.69, 9.17) is 0 Å². The molecule has 0 aliphatic rings. The minimum atomic E-state index is -2.40. The Morgan fingerprint density at radius 1 is 0.588 bits per heavy atom. The second kappa shape index (κ2) is 11.0. The molecule has 0 bridgehead atoms. The molecule has 0 saturated carbocycles. The van der Waals surface area contributed by atoms with E-state index < -0.39 is 5.92 Å². The topological polar surface area (TPSA) is 0 Å². The third-order valence-corrected chi connectivity index (χ3v) is 3.29. The molecule has 0 rings (SSSR count). The standard InChI is InChI=1S/C15H30F2/c1-3-5-7-8-9-10-12-14-15(16,17)13-11-6-4-2/h3-14H2,1-2H3. The van der Waals surface area contributed by atoms with Crippen molar-refractivity contribution < 1.29 is 8.78 Å². The molecule has 104 valence electrons. The number of rotatable bonds is 12. The van der Waals surface area contributed by atoms with Crippen LogP contribution in [0.2, 0.25) is 0 Å². The summed E-state index contributed by atoms with van der Waals surface area (Å²) in [6, 6.07) is 0. The maximum Gasteiger partial charge on any atom is 0.248 e. The zero-order chi connectivity index (χ0) is 13.0. The summed E-state index contributed by atoms with van der Waals surface area (Å²) in [6.45, 7) is 4.24. The zero-order valence-electron chi connectivity index (χ0n) is 11.7. The van der Waals surface area contributed by atoms with Crippen LogP contribution in [0.25, 0.3) is 0 Å². The van der Waals surface area contributed by atoms with Gasteiger partial charge in [0.1, 0.15) is 0 Å². The van der Waals surface area contributed by atoms with Crippen LogP contribution in [0.15, 0.2) is 0 Å². The zero-order valence-corrected chi connectivity index (χ0v) is 11.7. The lowest BCUT2D eigenvalue weighted by atomic mass is 10.0. The lowest BCUT2D eigenvalue weighted by molar-refractivity contribution is -0.0205. The van der Waals surface area contributed by atoms with Crippen molar-refractivity contribution in [3.05, 3.63) is 0 Å². The molecular weight excluding hydrogens is 218 g/mol. The van der Waals surface area contributed by atoms with Crippen molar-refractivity contribution in [3.8, 4) is 0 Å². The summed E-state index contributed by atoms with van der Waals surface area (Å²) in [5, 5.41) is 0. The third kappa shape index (κ3) is 12.1. The van der Waals surface area contributed by atoms with Gasteiger partial charge in [0.25, 0.3) is 0 Å². The van der Waals surface area contributed by atoms with Crippen molar-refractivity contribution in [1.82, 2.24) is 0 Å². The fourth-order valence-corrected chi connectivity index (χ4v) is 2.10. The molecule has 0 heterocycles. The monoisotopic (exact) mass is 248 g/mol. The van der Waals surface area contributed by atoms with Gasteiger partial charge in [-0.1, -0.05) is 65.2 Å². The number of alkyl halides is 2. The fraction of sp³-hybridized carbons (Fsp3) is 1.00. The first-order chi connectivity index (χ1) is 8.12. The van der Waals surface area contributed by atoms with Gasteiger partial charge in [0, 0.05) is 12.8 Å². The molecule has 0 nitrogen and oxygen atoms in total. The minimum absolute atomic E-state index is 0.0939. The lowest BCUT2D eigenvalue weighted by Gasteiger charge is -2.15. The first-order valence-electron chi connectivity index (χ1n) is 7.50. The Balaban J connectivity index is 3.32. The van der Waals surface area contributed by atoms with E-state index in [1.807, 2.05) is 0 Å². The molecule has 0 unspecified atom stereocenters. The molecule has 2 heteroatoms. The Labute approximate surface area is 106 Å². The normalized spacial score (nSPS) is 12.0. The highest BCUT2D eigenvalue weighted by molar-refractivity contribution is 4.66. The smallest absolute Gasteiger partial charge is 0.207 e. The van der Waals surface area contributed by atoms with E-state index in [9.17, 15) is 8.78 Å². The van der Waals surface area contributed by atoms with Crippen molar-refractivity contribution in [2.45, 2.75) is 96.8 Å². The molecule has 0 aromatic heterocycles. The van der Waals surface area contributed by atoms with E-state index in [-0.39, 0.29) is 12.8 Å². The maximum atomic E-state index is 13.4. The van der Waals surface area contributed by atoms with E-state index in [1.165, 1.54) is 25.7 Å². The van der Waals surface area contributed by atoms with Crippen molar-refractivity contribution in [1.29, 1.82) is 0 Å². The Morgan fingerprint density at radius 2 is 0.941 bits per heavy atom. The minimum Gasteiger partial charge on any atom is -0.207 e. The molecule has 0 aliphatic heterocycles. The van der Waals surface area contributed by atoms with Gasteiger partial charge in [0.2, 0.25) is 5.92 Å². The Kier molecular flexibility index (Phi) is 10.9. The molecular formula is C15H30F2. The molecule has 0 fully saturated rings. The summed E-state index contributed by atoms with van der Waals surface area (Å²) in [5.41, 5.74) is 0. The molecule has 0 spiro atoms. The quantitative estimate of drug-likeness (QED) is 0.353. The van der Waals surface area contributed by atoms with Gasteiger partial charge in [-0.05, 0) is 12.8 Å². The average molecular weight is 248 g/mol. The van der Waals surface area contributed by atoms with E-state index in [1.54, 1.807) is 0 Å². The van der Waals surface area contributed by atoms with Gasteiger partial charge in [-0.2, -0.15) is 0 Å². The van der Waals surface area contributed by atoms with E-state index in [0.717, 1.165) is 25.7 Å². The molecule has 0 atom stereocenters. The maximum absolute atomic E-state index is 13.4. The predicted molar refractivity (Wildman–Crippen MR) is 71.7 cm³/mol. The third-order valence-electron chi connectivity index (χ3n) is 3.29. The van der Waals surface area contributed by atoms with Gasteiger partial charge in [-0.3, -0.25) is 0 Å². The van der Waals surface area contributed by atoms with Gasteiger partial charge in [0.05, 0.1) is 0 Å². The summed E-state index contributed by atoms with van der Waals surface area (Å²) in [6.07, 6.45) is 10.7. The van der Waals surface area contributed by atoms with E-state index >= 15 is 0 Å². The number of unbranched alkanes of at least 4 members (excludes halogenated alkanes) is 8. The number of halogens is 2. The van der Waals surface area contributed by atoms with Crippen LogP contribution in [0.1, 0.15) is 90.9 Å². The lowest BCUT2D eigenvalue weighted by Crippen LogP contribution is -2.15. The predicted octanol–water partition coefficient (Wildman–Crippen LogP) is 6.34. The van der Waals surface area contributed by atoms with E-state index in [0.29, 0.717) is 12.8 Å². The van der Waals surface area contributed by atoms with Crippen molar-refractivity contribution in [3.63, 3.8) is 0 Å². The summed E-state index contributed by atoms with van der Waals surface area (Å²) >= 11 is 0. The van der Waals surface area contributed by atoms with Crippen LogP contribution in [0.4, 0.5) is 8.78 Å². The second-order valence-corrected chi connectivity index (χ2v) is 5.18. The highest BCUT2D eigenvalue weighted by Crippen LogP contribution is 2.28. The van der Waals surface area contributed by atoms with Gasteiger partial charge in [0.15, 0.2) is 0 Å². The van der Waals surface area contributed by atoms with Crippen LogP contribution in [0, 0.1) is 0 Å². The van der Waals surface area contributed by atoms with E-state index in [2.05, 4.69) is 13.8 Å². The van der Waals surface area contributed by atoms with Crippen LogP contribution < -0.4 is 0 Å². The summed E-state index contributed by atoms with van der Waals surface area (Å²) in [4.78, 5) is 0. The van der Waals surface area contributed by atoms with Crippen LogP contribution in [0.5, 0.6) is 0 Å². The first kappa shape index (κ1) is 16.9. The molecule has 0 N–H and O–H groups in total. The Morgan fingerprint density at radius 3 is 1.47 bits per heavy atom. The van der Waals surface area contributed by atoms with Crippen LogP contribution in [-0.2, 0) is 0 Å². The average Bonchev–Trinajstić information content (AvgIpc) is 2.28. The first-order valence-corrected chi connectivity index (χ1v) is 7.50. The highest BCUT2D eigenvalue weighted by atomic mass is 19.3. The van der Waals surface area contributed by atoms with Gasteiger partial charge in [-0.15, -0.1) is 0 Å². The molecule has 0 amide bonds. The summed E-state index contributed by atoms with van der Waals surface area (Å²) in [5.74, 6) is -2.40. The fourth-order valence-electron chi connectivity index (χ4n) is 2.10. The molecule has 0 aliphatic carbocycles. The SMILES string of the molecule is CCCCCCCCCC(F)(F)CCCCC.